The molecule has 0 bridgehead atoms. The molecule has 0 radical (unpaired) electrons. The molecule has 2 aromatic rings. The van der Waals surface area contributed by atoms with Gasteiger partial charge in [0.25, 0.3) is 0 Å². The van der Waals surface area contributed by atoms with E-state index in [1.165, 1.54) is 24.4 Å². The van der Waals surface area contributed by atoms with Gasteiger partial charge in [-0.25, -0.2) is 14.2 Å². The van der Waals surface area contributed by atoms with Crippen molar-refractivity contribution >= 4 is 6.09 Å². The summed E-state index contributed by atoms with van der Waals surface area (Å²) in [4.78, 5) is 14.3. The van der Waals surface area contributed by atoms with Crippen molar-refractivity contribution in [2.75, 3.05) is 6.61 Å². The molecule has 0 aliphatic carbocycles. The fraction of sp³-hybridized carbons (Fsp3) is 0.125. The van der Waals surface area contributed by atoms with Crippen LogP contribution in [0, 0.1) is 24.1 Å². The lowest BCUT2D eigenvalue weighted by Gasteiger charge is -2.08. The molecule has 1 N–H and O–H groups in total. The van der Waals surface area contributed by atoms with Crippen molar-refractivity contribution < 1.29 is 18.3 Å². The van der Waals surface area contributed by atoms with Crippen LogP contribution in [0.25, 0.3) is 0 Å². The maximum absolute atomic E-state index is 13.3. The van der Waals surface area contributed by atoms with Gasteiger partial charge in [0.2, 0.25) is 5.95 Å². The third kappa shape index (κ3) is 4.03. The smallest absolute Gasteiger partial charge is 0.407 e. The Kier molecular flexibility index (Phi) is 5.04. The summed E-state index contributed by atoms with van der Waals surface area (Å²) >= 11 is 0. The lowest BCUT2D eigenvalue weighted by atomic mass is 10.1. The number of halogens is 2. The fourth-order valence-electron chi connectivity index (χ4n) is 1.76. The van der Waals surface area contributed by atoms with Crippen LogP contribution in [0.15, 0.2) is 42.6 Å². The van der Waals surface area contributed by atoms with Crippen molar-refractivity contribution in [1.82, 2.24) is 10.3 Å². The minimum Gasteiger partial charge on any atom is -0.447 e. The predicted octanol–water partition coefficient (Wildman–Crippen LogP) is 2.81. The van der Waals surface area contributed by atoms with Crippen LogP contribution in [0.4, 0.5) is 13.6 Å². The Morgan fingerprint density at radius 1 is 1.32 bits per heavy atom. The second-order valence-corrected chi connectivity index (χ2v) is 4.34. The SMILES string of the molecule is C#Cc1cnc(F)c([C@@H]2COC(=O)N2)c1.Fc1ccccc1. The van der Waals surface area contributed by atoms with Crippen molar-refractivity contribution in [3.05, 3.63) is 65.5 Å². The van der Waals surface area contributed by atoms with E-state index in [9.17, 15) is 13.6 Å². The molecular formula is C16H12F2N2O2. The molecule has 112 valence electrons. The Bertz CT molecular complexity index is 699. The molecule has 1 fully saturated rings. The molecule has 1 aliphatic heterocycles. The molecule has 0 spiro atoms. The van der Waals surface area contributed by atoms with Crippen LogP contribution in [0.3, 0.4) is 0 Å². The summed E-state index contributed by atoms with van der Waals surface area (Å²) in [5, 5.41) is 2.45. The van der Waals surface area contributed by atoms with E-state index in [1.54, 1.807) is 18.2 Å². The summed E-state index contributed by atoms with van der Waals surface area (Å²) in [5.74, 6) is 1.52. The van der Waals surface area contributed by atoms with Gasteiger partial charge in [0.1, 0.15) is 12.4 Å². The Morgan fingerprint density at radius 3 is 2.55 bits per heavy atom. The van der Waals surface area contributed by atoms with Crippen LogP contribution in [-0.4, -0.2) is 17.7 Å². The number of amides is 1. The largest absolute Gasteiger partial charge is 0.447 e. The molecule has 0 unspecified atom stereocenters. The van der Waals surface area contributed by atoms with Gasteiger partial charge in [0.15, 0.2) is 0 Å². The van der Waals surface area contributed by atoms with Crippen LogP contribution in [0.2, 0.25) is 0 Å². The number of nitrogens with one attached hydrogen (secondary N) is 1. The molecule has 22 heavy (non-hydrogen) atoms. The highest BCUT2D eigenvalue weighted by Crippen LogP contribution is 2.20. The molecule has 6 heteroatoms. The summed E-state index contributed by atoms with van der Waals surface area (Å²) in [5.41, 5.74) is 0.712. The first kappa shape index (κ1) is 15.4. The average Bonchev–Trinajstić information content (AvgIpc) is 2.95. The zero-order valence-corrected chi connectivity index (χ0v) is 11.4. The fourth-order valence-corrected chi connectivity index (χ4v) is 1.76. The highest BCUT2D eigenvalue weighted by atomic mass is 19.1. The normalized spacial score (nSPS) is 15.9. The lowest BCUT2D eigenvalue weighted by molar-refractivity contribution is 0.176. The van der Waals surface area contributed by atoms with Crippen molar-refractivity contribution in [3.8, 4) is 12.3 Å². The zero-order valence-electron chi connectivity index (χ0n) is 11.4. The van der Waals surface area contributed by atoms with Crippen LogP contribution >= 0.6 is 0 Å². The van der Waals surface area contributed by atoms with E-state index in [0.717, 1.165) is 0 Å². The molecule has 4 nitrogen and oxygen atoms in total. The van der Waals surface area contributed by atoms with Gasteiger partial charge in [-0.15, -0.1) is 6.42 Å². The maximum Gasteiger partial charge on any atom is 0.407 e. The zero-order chi connectivity index (χ0) is 15.9. The monoisotopic (exact) mass is 302 g/mol. The standard InChI is InChI=1S/C10H7FN2O2.C6H5F/c1-2-6-3-7(9(11)12-4-6)8-5-15-10(14)13-8;7-6-4-2-1-3-5-6/h1,3-4,8H,5H2,(H,13,14);1-5H/t8-;/m0./s1. The topological polar surface area (TPSA) is 51.2 Å². The highest BCUT2D eigenvalue weighted by molar-refractivity contribution is 5.70. The summed E-state index contributed by atoms with van der Waals surface area (Å²) < 4.78 is 29.9. The van der Waals surface area contributed by atoms with E-state index in [0.29, 0.717) is 5.56 Å². The molecule has 1 saturated heterocycles. The number of alkyl carbamates (subject to hydrolysis) is 1. The Balaban J connectivity index is 0.000000211. The number of hydrogen-bond acceptors (Lipinski definition) is 3. The van der Waals surface area contributed by atoms with Crippen molar-refractivity contribution in [2.45, 2.75) is 6.04 Å². The van der Waals surface area contributed by atoms with Crippen molar-refractivity contribution in [2.24, 2.45) is 0 Å². The van der Waals surface area contributed by atoms with E-state index >= 15 is 0 Å². The van der Waals surface area contributed by atoms with Gasteiger partial charge in [-0.3, -0.25) is 0 Å². The lowest BCUT2D eigenvalue weighted by Crippen LogP contribution is -2.19. The number of benzene rings is 1. The third-order valence-corrected chi connectivity index (χ3v) is 2.81. The second kappa shape index (κ2) is 7.18. The molecule has 1 aromatic carbocycles. The minimum absolute atomic E-state index is 0.0887. The highest BCUT2D eigenvalue weighted by Gasteiger charge is 2.26. The van der Waals surface area contributed by atoms with Crippen molar-refractivity contribution in [1.29, 1.82) is 0 Å². The van der Waals surface area contributed by atoms with E-state index in [4.69, 9.17) is 6.42 Å². The van der Waals surface area contributed by atoms with Gasteiger partial charge < -0.3 is 10.1 Å². The molecule has 0 saturated carbocycles. The minimum atomic E-state index is -0.648. The first-order valence-electron chi connectivity index (χ1n) is 6.36. The van der Waals surface area contributed by atoms with Crippen LogP contribution in [0.1, 0.15) is 17.2 Å². The number of hydrogen-bond donors (Lipinski definition) is 1. The molecule has 1 atom stereocenters. The number of cyclic esters (lactones) is 1. The number of nitrogens with zero attached hydrogens (tertiary/aromatic N) is 1. The predicted molar refractivity (Wildman–Crippen MR) is 75.8 cm³/mol. The van der Waals surface area contributed by atoms with E-state index in [2.05, 4.69) is 21.0 Å². The van der Waals surface area contributed by atoms with Crippen LogP contribution in [-0.2, 0) is 4.74 Å². The first-order chi connectivity index (χ1) is 10.6. The number of aromatic nitrogens is 1. The summed E-state index contributed by atoms with van der Waals surface area (Å²) in [7, 11) is 0. The van der Waals surface area contributed by atoms with E-state index < -0.39 is 18.1 Å². The molecule has 2 heterocycles. The summed E-state index contributed by atoms with van der Waals surface area (Å²) in [6.07, 6.45) is 5.86. The van der Waals surface area contributed by atoms with Gasteiger partial charge in [0, 0.05) is 17.3 Å². The van der Waals surface area contributed by atoms with Crippen molar-refractivity contribution in [3.63, 3.8) is 0 Å². The van der Waals surface area contributed by atoms with Crippen LogP contribution < -0.4 is 5.32 Å². The third-order valence-electron chi connectivity index (χ3n) is 2.81. The number of ether oxygens (including phenoxy) is 1. The molecule has 1 aliphatic rings. The number of carbonyl (C=O) groups is 1. The average molecular weight is 302 g/mol. The van der Waals surface area contributed by atoms with Gasteiger partial charge in [0.05, 0.1) is 6.04 Å². The second-order valence-electron chi connectivity index (χ2n) is 4.34. The van der Waals surface area contributed by atoms with E-state index in [-0.39, 0.29) is 18.0 Å². The Morgan fingerprint density at radius 2 is 2.05 bits per heavy atom. The van der Waals surface area contributed by atoms with E-state index in [1.807, 2.05) is 0 Å². The van der Waals surface area contributed by atoms with Gasteiger partial charge >= 0.3 is 6.09 Å². The Hall–Kier alpha value is -2.94. The summed E-state index contributed by atoms with van der Waals surface area (Å²) in [6.45, 7) is 0.0887. The van der Waals surface area contributed by atoms with Gasteiger partial charge in [-0.1, -0.05) is 24.1 Å². The van der Waals surface area contributed by atoms with Gasteiger partial charge in [-0.2, -0.15) is 4.39 Å². The first-order valence-corrected chi connectivity index (χ1v) is 6.36. The molecule has 1 aromatic heterocycles. The number of rotatable bonds is 1. The van der Waals surface area contributed by atoms with Crippen LogP contribution in [0.5, 0.6) is 0 Å². The Labute approximate surface area is 126 Å². The molecular weight excluding hydrogens is 290 g/mol. The summed E-state index contributed by atoms with van der Waals surface area (Å²) in [6, 6.07) is 8.90. The number of pyridine rings is 1. The van der Waals surface area contributed by atoms with Gasteiger partial charge in [-0.05, 0) is 18.2 Å². The number of carbonyl (C=O) groups excluding carboxylic acids is 1. The molecule has 1 amide bonds. The maximum atomic E-state index is 13.3. The number of terminal acetylenes is 1. The molecule has 3 rings (SSSR count). The quantitative estimate of drug-likeness (QED) is 0.651.